The Hall–Kier alpha value is -1.49. The van der Waals surface area contributed by atoms with Crippen LogP contribution in [0.4, 0.5) is 0 Å². The zero-order chi connectivity index (χ0) is 15.6. The van der Waals surface area contributed by atoms with E-state index in [-0.39, 0.29) is 22.4 Å². The van der Waals surface area contributed by atoms with Crippen molar-refractivity contribution in [3.05, 3.63) is 22.8 Å². The molecule has 1 aliphatic carbocycles. The van der Waals surface area contributed by atoms with Gasteiger partial charge in [-0.2, -0.15) is 0 Å². The Kier molecular flexibility index (Phi) is 4.61. The molecule has 2 unspecified atom stereocenters. The fourth-order valence-electron chi connectivity index (χ4n) is 3.26. The second-order valence-corrected chi connectivity index (χ2v) is 6.99. The van der Waals surface area contributed by atoms with Crippen molar-refractivity contribution in [3.63, 3.8) is 0 Å². The minimum Gasteiger partial charge on any atom is -0.473 e. The number of rotatable bonds is 3. The number of amidine groups is 1. The summed E-state index contributed by atoms with van der Waals surface area (Å²) in [4.78, 5) is 4.18. The van der Waals surface area contributed by atoms with E-state index in [1.807, 2.05) is 0 Å². The first-order valence-corrected chi connectivity index (χ1v) is 7.49. The van der Waals surface area contributed by atoms with Crippen LogP contribution in [0.5, 0.6) is 5.88 Å². The normalized spacial score (nSPS) is 25.6. The van der Waals surface area contributed by atoms with Gasteiger partial charge in [0.05, 0.1) is 0 Å². The van der Waals surface area contributed by atoms with Gasteiger partial charge in [-0.1, -0.05) is 37.5 Å². The molecule has 0 radical (unpaired) electrons. The number of aromatic nitrogens is 1. The van der Waals surface area contributed by atoms with E-state index in [2.05, 4.69) is 30.9 Å². The van der Waals surface area contributed by atoms with E-state index < -0.39 is 0 Å². The summed E-state index contributed by atoms with van der Waals surface area (Å²) in [5, 5.41) is 12.0. The second kappa shape index (κ2) is 6.10. The number of hydrogen-bond acceptors (Lipinski definition) is 4. The number of pyridine rings is 1. The predicted molar refractivity (Wildman–Crippen MR) is 83.0 cm³/mol. The molecule has 1 aromatic heterocycles. The average Bonchev–Trinajstić information content (AvgIpc) is 2.38. The van der Waals surface area contributed by atoms with Gasteiger partial charge in [-0.15, -0.1) is 0 Å². The summed E-state index contributed by atoms with van der Waals surface area (Å²) in [6.45, 7) is 6.74. The fraction of sp³-hybridized carbons (Fsp3) is 0.600. The van der Waals surface area contributed by atoms with Crippen LogP contribution in [0.2, 0.25) is 5.02 Å². The first-order chi connectivity index (χ1) is 9.82. The lowest BCUT2D eigenvalue weighted by Gasteiger charge is -2.38. The Morgan fingerprint density at radius 2 is 2.24 bits per heavy atom. The van der Waals surface area contributed by atoms with Crippen LogP contribution >= 0.6 is 11.6 Å². The van der Waals surface area contributed by atoms with Crippen LogP contribution in [0, 0.1) is 11.3 Å². The molecule has 1 heterocycles. The molecule has 0 saturated heterocycles. The standard InChI is InChI=1S/C15H22ClN3O2/c1-9-6-10(8-15(2,3)7-9)21-14-12(16)11(4-5-18-14)13(17)19-20/h4-5,9-10,20H,6-8H2,1-3H3,(H2,17,19). The Balaban J connectivity index is 2.20. The van der Waals surface area contributed by atoms with Crippen molar-refractivity contribution < 1.29 is 9.94 Å². The van der Waals surface area contributed by atoms with E-state index in [1.165, 1.54) is 6.42 Å². The van der Waals surface area contributed by atoms with Gasteiger partial charge in [-0.05, 0) is 36.7 Å². The molecule has 2 atom stereocenters. The van der Waals surface area contributed by atoms with E-state index in [1.54, 1.807) is 12.3 Å². The van der Waals surface area contributed by atoms with Gasteiger partial charge in [0.25, 0.3) is 0 Å². The highest BCUT2D eigenvalue weighted by molar-refractivity contribution is 6.35. The number of hydrogen-bond donors (Lipinski definition) is 2. The predicted octanol–water partition coefficient (Wildman–Crippen LogP) is 3.42. The Morgan fingerprint density at radius 3 is 2.86 bits per heavy atom. The molecule has 1 aliphatic rings. The Labute approximate surface area is 130 Å². The third-order valence-corrected chi connectivity index (χ3v) is 4.23. The van der Waals surface area contributed by atoms with Crippen molar-refractivity contribution >= 4 is 17.4 Å². The molecule has 0 bridgehead atoms. The summed E-state index contributed by atoms with van der Waals surface area (Å²) in [6.07, 6.45) is 4.76. The highest BCUT2D eigenvalue weighted by Crippen LogP contribution is 2.40. The molecule has 1 aromatic rings. The zero-order valence-corrected chi connectivity index (χ0v) is 13.4. The molecule has 0 amide bonds. The van der Waals surface area contributed by atoms with Crippen LogP contribution in [0.25, 0.3) is 0 Å². The Morgan fingerprint density at radius 1 is 1.52 bits per heavy atom. The SMILES string of the molecule is CC1CC(Oc2nccc(/C(N)=N/O)c2Cl)CC(C)(C)C1. The average molecular weight is 312 g/mol. The first-order valence-electron chi connectivity index (χ1n) is 7.11. The number of nitrogens with zero attached hydrogens (tertiary/aromatic N) is 2. The van der Waals surface area contributed by atoms with Gasteiger partial charge < -0.3 is 15.7 Å². The summed E-state index contributed by atoms with van der Waals surface area (Å²) in [7, 11) is 0. The topological polar surface area (TPSA) is 80.7 Å². The van der Waals surface area contributed by atoms with Gasteiger partial charge in [-0.3, -0.25) is 0 Å². The van der Waals surface area contributed by atoms with Gasteiger partial charge in [0.1, 0.15) is 11.1 Å². The quantitative estimate of drug-likeness (QED) is 0.388. The van der Waals surface area contributed by atoms with Crippen LogP contribution in [-0.2, 0) is 0 Å². The molecule has 5 nitrogen and oxygen atoms in total. The lowest BCUT2D eigenvalue weighted by atomic mass is 9.71. The maximum atomic E-state index is 8.77. The van der Waals surface area contributed by atoms with Gasteiger partial charge >= 0.3 is 0 Å². The molecule has 116 valence electrons. The summed E-state index contributed by atoms with van der Waals surface area (Å²) in [5.41, 5.74) is 6.27. The highest BCUT2D eigenvalue weighted by Gasteiger charge is 2.33. The van der Waals surface area contributed by atoms with E-state index in [9.17, 15) is 0 Å². The lowest BCUT2D eigenvalue weighted by Crippen LogP contribution is -2.34. The molecule has 0 aliphatic heterocycles. The summed E-state index contributed by atoms with van der Waals surface area (Å²) in [6, 6.07) is 1.59. The number of ether oxygens (including phenoxy) is 1. The van der Waals surface area contributed by atoms with E-state index in [0.29, 0.717) is 17.4 Å². The molecule has 21 heavy (non-hydrogen) atoms. The van der Waals surface area contributed by atoms with Gasteiger partial charge in [0.15, 0.2) is 5.84 Å². The van der Waals surface area contributed by atoms with E-state index >= 15 is 0 Å². The number of oxime groups is 1. The van der Waals surface area contributed by atoms with Crippen LogP contribution in [-0.4, -0.2) is 22.1 Å². The largest absolute Gasteiger partial charge is 0.473 e. The van der Waals surface area contributed by atoms with Crippen molar-refractivity contribution in [2.75, 3.05) is 0 Å². The maximum Gasteiger partial charge on any atom is 0.233 e. The van der Waals surface area contributed by atoms with Gasteiger partial charge in [0, 0.05) is 11.8 Å². The molecular formula is C15H22ClN3O2. The number of nitrogens with two attached hydrogens (primary N) is 1. The number of halogens is 1. The second-order valence-electron chi connectivity index (χ2n) is 6.62. The molecule has 2 rings (SSSR count). The van der Waals surface area contributed by atoms with Crippen molar-refractivity contribution in [1.82, 2.24) is 4.98 Å². The maximum absolute atomic E-state index is 8.77. The fourth-order valence-corrected chi connectivity index (χ4v) is 3.52. The lowest BCUT2D eigenvalue weighted by molar-refractivity contribution is 0.0533. The van der Waals surface area contributed by atoms with Crippen molar-refractivity contribution in [2.45, 2.75) is 46.1 Å². The summed E-state index contributed by atoms with van der Waals surface area (Å²) >= 11 is 6.25. The minimum absolute atomic E-state index is 0.0513. The molecule has 1 saturated carbocycles. The monoisotopic (exact) mass is 311 g/mol. The highest BCUT2D eigenvalue weighted by atomic mass is 35.5. The third-order valence-electron chi connectivity index (χ3n) is 3.87. The van der Waals surface area contributed by atoms with Crippen molar-refractivity contribution in [2.24, 2.45) is 22.2 Å². The minimum atomic E-state index is -0.0513. The summed E-state index contributed by atoms with van der Waals surface area (Å²) in [5.74, 6) is 0.894. The van der Waals surface area contributed by atoms with E-state index in [0.717, 1.165) is 12.8 Å². The molecule has 0 aromatic carbocycles. The molecule has 3 N–H and O–H groups in total. The van der Waals surface area contributed by atoms with Crippen molar-refractivity contribution in [3.8, 4) is 5.88 Å². The zero-order valence-electron chi connectivity index (χ0n) is 12.6. The smallest absolute Gasteiger partial charge is 0.233 e. The molecule has 0 spiro atoms. The van der Waals surface area contributed by atoms with E-state index in [4.69, 9.17) is 27.3 Å². The third kappa shape index (κ3) is 3.79. The van der Waals surface area contributed by atoms with Gasteiger partial charge in [0.2, 0.25) is 5.88 Å². The molecular weight excluding hydrogens is 290 g/mol. The van der Waals surface area contributed by atoms with Crippen LogP contribution in [0.15, 0.2) is 17.4 Å². The summed E-state index contributed by atoms with van der Waals surface area (Å²) < 4.78 is 5.99. The first kappa shape index (κ1) is 15.9. The molecule has 6 heteroatoms. The van der Waals surface area contributed by atoms with Crippen LogP contribution in [0.3, 0.4) is 0 Å². The van der Waals surface area contributed by atoms with Crippen LogP contribution in [0.1, 0.15) is 45.6 Å². The van der Waals surface area contributed by atoms with Crippen molar-refractivity contribution in [1.29, 1.82) is 0 Å². The molecule has 1 fully saturated rings. The van der Waals surface area contributed by atoms with Gasteiger partial charge in [-0.25, -0.2) is 4.98 Å². The van der Waals surface area contributed by atoms with Crippen LogP contribution < -0.4 is 10.5 Å². The Bertz CT molecular complexity index is 546.